The molecule has 1 fully saturated rings. The second kappa shape index (κ2) is 8.71. The number of hydrogen-bond donors (Lipinski definition) is 1. The van der Waals surface area contributed by atoms with E-state index < -0.39 is 15.8 Å². The van der Waals surface area contributed by atoms with Crippen LogP contribution in [0.15, 0.2) is 65.2 Å². The number of nitrogens with zero attached hydrogens (tertiary/aromatic N) is 3. The van der Waals surface area contributed by atoms with Gasteiger partial charge in [0.25, 0.3) is 5.91 Å². The van der Waals surface area contributed by atoms with Crippen LogP contribution < -0.4 is 10.4 Å². The summed E-state index contributed by atoms with van der Waals surface area (Å²) < 4.78 is 40.0. The van der Waals surface area contributed by atoms with Gasteiger partial charge < -0.3 is 4.90 Å². The molecule has 0 radical (unpaired) electrons. The van der Waals surface area contributed by atoms with Gasteiger partial charge in [0.2, 0.25) is 15.9 Å². The second-order valence-electron chi connectivity index (χ2n) is 7.65. The summed E-state index contributed by atoms with van der Waals surface area (Å²) in [5.74, 6) is -0.984. The van der Waals surface area contributed by atoms with E-state index in [1.807, 2.05) is 25.1 Å². The normalized spacial score (nSPS) is 17.7. The Morgan fingerprint density at radius 1 is 1.03 bits per heavy atom. The molecular weight excluding hydrogens is 435 g/mol. The molecule has 1 saturated heterocycles. The van der Waals surface area contributed by atoms with Gasteiger partial charge in [-0.05, 0) is 55.0 Å². The predicted octanol–water partition coefficient (Wildman–Crippen LogP) is 1.79. The number of aryl methyl sites for hydroxylation is 1. The molecule has 2 aliphatic rings. The third-order valence-corrected chi connectivity index (χ3v) is 7.34. The fourth-order valence-electron chi connectivity index (χ4n) is 3.68. The summed E-state index contributed by atoms with van der Waals surface area (Å²) in [6.45, 7) is 2.57. The minimum absolute atomic E-state index is 0.0163. The molecule has 2 aliphatic heterocycles. The maximum Gasteiger partial charge on any atom is 0.271 e. The van der Waals surface area contributed by atoms with Gasteiger partial charge in [0.1, 0.15) is 11.5 Å². The number of hydrogen-bond acceptors (Lipinski definition) is 5. The molecule has 2 amide bonds. The van der Waals surface area contributed by atoms with Gasteiger partial charge in [0.15, 0.2) is 0 Å². The quantitative estimate of drug-likeness (QED) is 0.755. The Morgan fingerprint density at radius 3 is 2.38 bits per heavy atom. The van der Waals surface area contributed by atoms with Crippen molar-refractivity contribution in [1.29, 1.82) is 0 Å². The van der Waals surface area contributed by atoms with Crippen LogP contribution in [0.2, 0.25) is 0 Å². The van der Waals surface area contributed by atoms with Crippen LogP contribution in [0.1, 0.15) is 12.0 Å². The molecule has 0 atom stereocenters. The fraction of sp³-hybridized carbons (Fsp3) is 0.273. The highest BCUT2D eigenvalue weighted by Crippen LogP contribution is 2.21. The van der Waals surface area contributed by atoms with Crippen LogP contribution in [-0.4, -0.2) is 55.6 Å². The highest BCUT2D eigenvalue weighted by Gasteiger charge is 2.33. The van der Waals surface area contributed by atoms with Gasteiger partial charge >= 0.3 is 0 Å². The van der Waals surface area contributed by atoms with E-state index in [1.165, 1.54) is 21.4 Å². The number of carbonyl (C=O) groups is 2. The summed E-state index contributed by atoms with van der Waals surface area (Å²) in [7, 11) is -3.76. The van der Waals surface area contributed by atoms with Crippen molar-refractivity contribution in [3.8, 4) is 0 Å². The standard InChI is InChI=1S/C22H23FN4O4S/c1-16-3-2-4-18(15-16)27-21(28)10-9-20(24-27)22(29)25-11-13-26(14-12-25)32(30,31)19-7-5-17(23)6-8-19/h2-9,15,24H,10-14H2,1H3. The van der Waals surface area contributed by atoms with Crippen LogP contribution >= 0.6 is 0 Å². The lowest BCUT2D eigenvalue weighted by molar-refractivity contribution is -0.129. The van der Waals surface area contributed by atoms with Gasteiger partial charge in [0, 0.05) is 32.6 Å². The fourth-order valence-corrected chi connectivity index (χ4v) is 5.10. The molecule has 32 heavy (non-hydrogen) atoms. The van der Waals surface area contributed by atoms with E-state index in [1.54, 1.807) is 17.0 Å². The molecule has 2 aromatic rings. The Bertz CT molecular complexity index is 1170. The molecule has 0 spiro atoms. The SMILES string of the molecule is Cc1cccc(N2NC(C(=O)N3CCN(S(=O)(=O)c4ccc(F)cc4)CC3)=CCC2=O)c1. The molecule has 0 aliphatic carbocycles. The molecule has 4 rings (SSSR count). The molecule has 0 saturated carbocycles. The van der Waals surface area contributed by atoms with Crippen molar-refractivity contribution in [3.63, 3.8) is 0 Å². The van der Waals surface area contributed by atoms with E-state index in [9.17, 15) is 22.4 Å². The number of rotatable bonds is 4. The van der Waals surface area contributed by atoms with E-state index in [4.69, 9.17) is 0 Å². The lowest BCUT2D eigenvalue weighted by atomic mass is 10.2. The number of carbonyl (C=O) groups excluding carboxylic acids is 2. The van der Waals surface area contributed by atoms with Gasteiger partial charge in [0.05, 0.1) is 10.6 Å². The van der Waals surface area contributed by atoms with Crippen molar-refractivity contribution in [2.75, 3.05) is 31.2 Å². The van der Waals surface area contributed by atoms with Crippen LogP contribution in [0.3, 0.4) is 0 Å². The maximum atomic E-state index is 13.1. The lowest BCUT2D eigenvalue weighted by Gasteiger charge is -2.36. The molecule has 8 nitrogen and oxygen atoms in total. The van der Waals surface area contributed by atoms with Crippen LogP contribution in [0.25, 0.3) is 0 Å². The van der Waals surface area contributed by atoms with Crippen molar-refractivity contribution < 1.29 is 22.4 Å². The van der Waals surface area contributed by atoms with E-state index >= 15 is 0 Å². The van der Waals surface area contributed by atoms with Gasteiger partial charge in [-0.2, -0.15) is 4.31 Å². The smallest absolute Gasteiger partial charge is 0.271 e. The van der Waals surface area contributed by atoms with E-state index in [-0.39, 0.29) is 55.0 Å². The first-order valence-corrected chi connectivity index (χ1v) is 11.6. The Morgan fingerprint density at radius 2 is 1.72 bits per heavy atom. The molecule has 2 heterocycles. The molecule has 10 heteroatoms. The van der Waals surface area contributed by atoms with Crippen molar-refractivity contribution in [2.45, 2.75) is 18.2 Å². The van der Waals surface area contributed by atoms with Gasteiger partial charge in [-0.3, -0.25) is 15.0 Å². The number of halogens is 1. The summed E-state index contributed by atoms with van der Waals surface area (Å²) in [6.07, 6.45) is 1.64. The topological polar surface area (TPSA) is 90.0 Å². The Balaban J connectivity index is 1.42. The summed E-state index contributed by atoms with van der Waals surface area (Å²) in [5.41, 5.74) is 4.81. The number of sulfonamides is 1. The summed E-state index contributed by atoms with van der Waals surface area (Å²) in [6, 6.07) is 12.1. The Labute approximate surface area is 185 Å². The molecular formula is C22H23FN4O4S. The number of piperazine rings is 1. The molecule has 2 aromatic carbocycles. The van der Waals surface area contributed by atoms with Crippen LogP contribution in [0.5, 0.6) is 0 Å². The Hall–Kier alpha value is -3.24. The first-order valence-electron chi connectivity index (χ1n) is 10.2. The minimum Gasteiger partial charge on any atom is -0.335 e. The van der Waals surface area contributed by atoms with Gasteiger partial charge in [-0.1, -0.05) is 12.1 Å². The van der Waals surface area contributed by atoms with Gasteiger partial charge in [-0.15, -0.1) is 0 Å². The largest absolute Gasteiger partial charge is 0.335 e. The molecule has 1 N–H and O–H groups in total. The molecule has 0 unspecified atom stereocenters. The number of anilines is 1. The first-order chi connectivity index (χ1) is 15.3. The number of nitrogens with one attached hydrogen (secondary N) is 1. The first kappa shape index (κ1) is 22.0. The monoisotopic (exact) mass is 458 g/mol. The average molecular weight is 459 g/mol. The zero-order chi connectivity index (χ0) is 22.9. The van der Waals surface area contributed by atoms with E-state index in [2.05, 4.69) is 5.43 Å². The highest BCUT2D eigenvalue weighted by molar-refractivity contribution is 7.89. The van der Waals surface area contributed by atoms with Crippen LogP contribution in [0, 0.1) is 12.7 Å². The number of hydrazine groups is 1. The summed E-state index contributed by atoms with van der Waals surface area (Å²) in [5, 5.41) is 1.36. The molecule has 168 valence electrons. The van der Waals surface area contributed by atoms with E-state index in [0.29, 0.717) is 5.69 Å². The van der Waals surface area contributed by atoms with Crippen molar-refractivity contribution >= 4 is 27.5 Å². The average Bonchev–Trinajstić information content (AvgIpc) is 2.79. The van der Waals surface area contributed by atoms with Crippen molar-refractivity contribution in [1.82, 2.24) is 14.6 Å². The van der Waals surface area contributed by atoms with Crippen LogP contribution in [-0.2, 0) is 19.6 Å². The molecule has 0 aromatic heterocycles. The number of benzene rings is 2. The summed E-state index contributed by atoms with van der Waals surface area (Å²) >= 11 is 0. The van der Waals surface area contributed by atoms with Gasteiger partial charge in [-0.25, -0.2) is 17.8 Å². The maximum absolute atomic E-state index is 13.1. The number of amides is 2. The zero-order valence-corrected chi connectivity index (χ0v) is 18.3. The highest BCUT2D eigenvalue weighted by atomic mass is 32.2. The zero-order valence-electron chi connectivity index (χ0n) is 17.5. The molecule has 0 bridgehead atoms. The summed E-state index contributed by atoms with van der Waals surface area (Å²) in [4.78, 5) is 26.9. The lowest BCUT2D eigenvalue weighted by Crippen LogP contribution is -2.54. The predicted molar refractivity (Wildman–Crippen MR) is 116 cm³/mol. The van der Waals surface area contributed by atoms with Crippen molar-refractivity contribution in [2.24, 2.45) is 0 Å². The van der Waals surface area contributed by atoms with Crippen molar-refractivity contribution in [3.05, 3.63) is 71.7 Å². The van der Waals surface area contributed by atoms with Crippen LogP contribution in [0.4, 0.5) is 10.1 Å². The Kier molecular flexibility index (Phi) is 5.98. The second-order valence-corrected chi connectivity index (χ2v) is 9.59. The van der Waals surface area contributed by atoms with E-state index in [0.717, 1.165) is 17.7 Å². The third-order valence-electron chi connectivity index (χ3n) is 5.43. The minimum atomic E-state index is -3.76. The third kappa shape index (κ3) is 4.37.